The molecule has 5 rings (SSSR count). The largest absolute Gasteiger partial charge is 0.454 e. The quantitative estimate of drug-likeness (QED) is 0.301. The van der Waals surface area contributed by atoms with Crippen LogP contribution in [0.5, 0.6) is 23.0 Å². The van der Waals surface area contributed by atoms with Gasteiger partial charge in [0.1, 0.15) is 11.5 Å². The van der Waals surface area contributed by atoms with Crippen LogP contribution in [-0.2, 0) is 5.41 Å². The summed E-state index contributed by atoms with van der Waals surface area (Å²) in [6, 6.07) is 17.6. The first-order valence-electron chi connectivity index (χ1n) is 10.6. The van der Waals surface area contributed by atoms with Crippen LogP contribution in [0.25, 0.3) is 6.08 Å². The van der Waals surface area contributed by atoms with Crippen LogP contribution in [0, 0.1) is 0 Å². The van der Waals surface area contributed by atoms with Gasteiger partial charge in [-0.2, -0.15) is 0 Å². The number of benzene rings is 3. The van der Waals surface area contributed by atoms with Crippen LogP contribution >= 0.6 is 0 Å². The second-order valence-electron chi connectivity index (χ2n) is 8.93. The second-order valence-corrected chi connectivity index (χ2v) is 8.93. The summed E-state index contributed by atoms with van der Waals surface area (Å²) >= 11 is 0. The molecule has 33 heavy (non-hydrogen) atoms. The molecular formula is C27H22O6. The Morgan fingerprint density at radius 1 is 0.909 bits per heavy atom. The highest BCUT2D eigenvalue weighted by molar-refractivity contribution is 6.14. The van der Waals surface area contributed by atoms with Gasteiger partial charge in [0, 0.05) is 6.07 Å². The van der Waals surface area contributed by atoms with E-state index in [1.54, 1.807) is 42.5 Å². The fourth-order valence-electron chi connectivity index (χ4n) is 3.65. The molecule has 2 aliphatic rings. The fraction of sp³-hybridized carbons (Fsp3) is 0.185. The van der Waals surface area contributed by atoms with Crippen molar-refractivity contribution >= 4 is 17.8 Å². The van der Waals surface area contributed by atoms with E-state index in [-0.39, 0.29) is 29.5 Å². The highest BCUT2D eigenvalue weighted by atomic mass is 16.7. The molecule has 0 bridgehead atoms. The Balaban J connectivity index is 1.33. The van der Waals surface area contributed by atoms with Crippen molar-refractivity contribution in [2.24, 2.45) is 0 Å². The molecule has 3 aromatic rings. The van der Waals surface area contributed by atoms with Crippen molar-refractivity contribution in [2.75, 3.05) is 6.79 Å². The minimum atomic E-state index is -0.549. The predicted octanol–water partition coefficient (Wildman–Crippen LogP) is 5.55. The van der Waals surface area contributed by atoms with Crippen molar-refractivity contribution in [3.8, 4) is 23.0 Å². The van der Waals surface area contributed by atoms with E-state index in [2.05, 4.69) is 20.8 Å². The fourth-order valence-corrected chi connectivity index (χ4v) is 3.65. The van der Waals surface area contributed by atoms with Gasteiger partial charge in [-0.15, -0.1) is 0 Å². The lowest BCUT2D eigenvalue weighted by Crippen LogP contribution is -2.10. The number of Topliss-reactive ketones (excluding diaryl/α,β-unsaturated/α-hetero) is 1. The monoisotopic (exact) mass is 442 g/mol. The van der Waals surface area contributed by atoms with Gasteiger partial charge in [0.15, 0.2) is 17.3 Å². The Hall–Kier alpha value is -4.06. The van der Waals surface area contributed by atoms with Gasteiger partial charge < -0.3 is 18.9 Å². The third kappa shape index (κ3) is 4.07. The highest BCUT2D eigenvalue weighted by Gasteiger charge is 2.28. The molecule has 6 nitrogen and oxygen atoms in total. The highest BCUT2D eigenvalue weighted by Crippen LogP contribution is 2.36. The lowest BCUT2D eigenvalue weighted by atomic mass is 9.86. The second kappa shape index (κ2) is 7.81. The van der Waals surface area contributed by atoms with Gasteiger partial charge in [-0.1, -0.05) is 45.0 Å². The molecular weight excluding hydrogens is 420 g/mol. The molecule has 6 heteroatoms. The molecule has 3 aromatic carbocycles. The van der Waals surface area contributed by atoms with Gasteiger partial charge in [-0.25, -0.2) is 4.79 Å². The van der Waals surface area contributed by atoms with Gasteiger partial charge in [0.25, 0.3) is 0 Å². The molecule has 0 N–H and O–H groups in total. The van der Waals surface area contributed by atoms with Gasteiger partial charge in [-0.3, -0.25) is 4.79 Å². The molecule has 0 aromatic heterocycles. The lowest BCUT2D eigenvalue weighted by Gasteiger charge is -2.18. The molecule has 0 fully saturated rings. The average molecular weight is 442 g/mol. The number of ether oxygens (including phenoxy) is 4. The molecule has 0 saturated carbocycles. The van der Waals surface area contributed by atoms with E-state index in [4.69, 9.17) is 18.9 Å². The van der Waals surface area contributed by atoms with Crippen LogP contribution in [0.2, 0.25) is 0 Å². The first kappa shape index (κ1) is 20.8. The number of fused-ring (bicyclic) bond motifs is 2. The van der Waals surface area contributed by atoms with Crippen molar-refractivity contribution < 1.29 is 28.5 Å². The predicted molar refractivity (Wildman–Crippen MR) is 122 cm³/mol. The maximum atomic E-state index is 12.8. The average Bonchev–Trinajstić information content (AvgIpc) is 3.37. The zero-order valence-corrected chi connectivity index (χ0v) is 18.5. The van der Waals surface area contributed by atoms with E-state index < -0.39 is 5.97 Å². The third-order valence-corrected chi connectivity index (χ3v) is 5.53. The van der Waals surface area contributed by atoms with Crippen molar-refractivity contribution in [1.82, 2.24) is 0 Å². The van der Waals surface area contributed by atoms with Crippen LogP contribution in [0.3, 0.4) is 0 Å². The lowest BCUT2D eigenvalue weighted by molar-refractivity contribution is 0.0734. The topological polar surface area (TPSA) is 71.1 Å². The molecule has 166 valence electrons. The summed E-state index contributed by atoms with van der Waals surface area (Å²) in [6.45, 7) is 6.58. The number of ketones is 1. The summed E-state index contributed by atoms with van der Waals surface area (Å²) in [5.41, 5.74) is 2.89. The molecule has 0 spiro atoms. The van der Waals surface area contributed by atoms with E-state index in [0.717, 1.165) is 5.56 Å². The SMILES string of the molecule is CC(C)(C)c1ccc(/C=C2\Oc3cc(OC(=O)c4ccc5c(c4)OCO5)ccc3C2=O)cc1. The molecule has 0 saturated heterocycles. The standard InChI is InChI=1S/C27H22O6/c1-27(2,3)18-7-4-16(5-8-18)12-24-25(28)20-10-9-19(14-22(20)33-24)32-26(29)17-6-11-21-23(13-17)31-15-30-21/h4-14H,15H2,1-3H3/b24-12-. The number of hydrogen-bond acceptors (Lipinski definition) is 6. The van der Waals surface area contributed by atoms with Crippen molar-refractivity contribution in [1.29, 1.82) is 0 Å². The normalized spacial score (nSPS) is 15.4. The van der Waals surface area contributed by atoms with Crippen LogP contribution in [-0.4, -0.2) is 18.5 Å². The Kier molecular flexibility index (Phi) is 4.93. The zero-order chi connectivity index (χ0) is 23.2. The Morgan fingerprint density at radius 2 is 1.67 bits per heavy atom. The molecule has 0 unspecified atom stereocenters. The van der Waals surface area contributed by atoms with Crippen LogP contribution in [0.1, 0.15) is 52.6 Å². The number of carbonyl (C=O) groups is 2. The number of rotatable bonds is 3. The first-order valence-corrected chi connectivity index (χ1v) is 10.6. The molecule has 0 amide bonds. The van der Waals surface area contributed by atoms with Gasteiger partial charge >= 0.3 is 5.97 Å². The summed E-state index contributed by atoms with van der Waals surface area (Å²) in [7, 11) is 0. The number of carbonyl (C=O) groups excluding carboxylic acids is 2. The van der Waals surface area contributed by atoms with Crippen molar-refractivity contribution in [3.63, 3.8) is 0 Å². The number of allylic oxidation sites excluding steroid dienone is 1. The number of esters is 1. The van der Waals surface area contributed by atoms with E-state index in [9.17, 15) is 9.59 Å². The van der Waals surface area contributed by atoms with E-state index in [1.807, 2.05) is 24.3 Å². The molecule has 0 aliphatic carbocycles. The third-order valence-electron chi connectivity index (χ3n) is 5.53. The van der Waals surface area contributed by atoms with Gasteiger partial charge in [-0.05, 0) is 52.9 Å². The molecule has 0 atom stereocenters. The minimum absolute atomic E-state index is 0.0516. The first-order chi connectivity index (χ1) is 15.8. The molecule has 2 heterocycles. The van der Waals surface area contributed by atoms with Gasteiger partial charge in [0.2, 0.25) is 12.6 Å². The Labute approximate surface area is 191 Å². The summed E-state index contributed by atoms with van der Waals surface area (Å²) in [5, 5.41) is 0. The van der Waals surface area contributed by atoms with Crippen molar-refractivity contribution in [2.45, 2.75) is 26.2 Å². The summed E-state index contributed by atoms with van der Waals surface area (Å²) in [4.78, 5) is 25.3. The van der Waals surface area contributed by atoms with E-state index in [1.165, 1.54) is 5.56 Å². The number of hydrogen-bond donors (Lipinski definition) is 0. The van der Waals surface area contributed by atoms with E-state index >= 15 is 0 Å². The van der Waals surface area contributed by atoms with Crippen LogP contribution in [0.4, 0.5) is 0 Å². The Morgan fingerprint density at radius 3 is 2.42 bits per heavy atom. The maximum Gasteiger partial charge on any atom is 0.343 e. The minimum Gasteiger partial charge on any atom is -0.454 e. The van der Waals surface area contributed by atoms with Crippen LogP contribution in [0.15, 0.2) is 66.4 Å². The van der Waals surface area contributed by atoms with Crippen molar-refractivity contribution in [3.05, 3.63) is 88.7 Å². The molecule has 2 aliphatic heterocycles. The zero-order valence-electron chi connectivity index (χ0n) is 18.5. The van der Waals surface area contributed by atoms with E-state index in [0.29, 0.717) is 28.4 Å². The summed E-state index contributed by atoms with van der Waals surface area (Å²) in [6.07, 6.45) is 1.72. The van der Waals surface area contributed by atoms with Gasteiger partial charge in [0.05, 0.1) is 11.1 Å². The Bertz CT molecular complexity index is 1300. The summed E-state index contributed by atoms with van der Waals surface area (Å²) < 4.78 is 21.8. The maximum absolute atomic E-state index is 12.8. The van der Waals surface area contributed by atoms with Crippen LogP contribution < -0.4 is 18.9 Å². The summed E-state index contributed by atoms with van der Waals surface area (Å²) in [5.74, 6) is 1.19. The molecule has 0 radical (unpaired) electrons. The smallest absolute Gasteiger partial charge is 0.343 e.